The zero-order chi connectivity index (χ0) is 18.1. The lowest BCUT2D eigenvalue weighted by molar-refractivity contribution is 0.313. The Morgan fingerprint density at radius 3 is 2.65 bits per heavy atom. The number of hydrogen-bond donors (Lipinski definition) is 1. The lowest BCUT2D eigenvalue weighted by Crippen LogP contribution is -2.44. The van der Waals surface area contributed by atoms with E-state index in [0.717, 1.165) is 54.4 Å². The van der Waals surface area contributed by atoms with E-state index in [2.05, 4.69) is 38.2 Å². The molecule has 1 saturated heterocycles. The molecule has 2 N–H and O–H groups in total. The number of likely N-dealkylation sites (N-methyl/N-ethyl adjacent to an activating group) is 1. The second-order valence-electron chi connectivity index (χ2n) is 6.82. The van der Waals surface area contributed by atoms with Crippen molar-refractivity contribution >= 4 is 11.4 Å². The van der Waals surface area contributed by atoms with Gasteiger partial charge in [-0.2, -0.15) is 0 Å². The standard InChI is InChI=1S/C19H23N7/c1-14-3-4-16(20)10-19(14)26-13-18(22-23-26)15-9-17(12-21-11-15)25-7-5-24(2)6-8-25/h3-4,9-13H,5-8,20H2,1-2H3. The van der Waals surface area contributed by atoms with Crippen LogP contribution in [-0.4, -0.2) is 58.1 Å². The van der Waals surface area contributed by atoms with Crippen molar-refractivity contribution in [1.82, 2.24) is 24.9 Å². The van der Waals surface area contributed by atoms with Gasteiger partial charge in [0.2, 0.25) is 0 Å². The van der Waals surface area contributed by atoms with Gasteiger partial charge in [-0.1, -0.05) is 11.3 Å². The fourth-order valence-electron chi connectivity index (χ4n) is 3.19. The fourth-order valence-corrected chi connectivity index (χ4v) is 3.19. The van der Waals surface area contributed by atoms with Gasteiger partial charge in [0.15, 0.2) is 0 Å². The van der Waals surface area contributed by atoms with Crippen LogP contribution in [0, 0.1) is 6.92 Å². The first-order chi connectivity index (χ1) is 12.6. The number of rotatable bonds is 3. The number of piperazine rings is 1. The molecule has 3 heterocycles. The van der Waals surface area contributed by atoms with Crippen molar-refractivity contribution in [2.45, 2.75) is 6.92 Å². The van der Waals surface area contributed by atoms with E-state index in [0.29, 0.717) is 5.69 Å². The quantitative estimate of drug-likeness (QED) is 0.729. The van der Waals surface area contributed by atoms with E-state index in [9.17, 15) is 0 Å². The van der Waals surface area contributed by atoms with Crippen LogP contribution in [-0.2, 0) is 0 Å². The highest BCUT2D eigenvalue weighted by Crippen LogP contribution is 2.24. The first kappa shape index (κ1) is 16.5. The molecule has 1 aliphatic rings. The number of nitrogens with zero attached hydrogens (tertiary/aromatic N) is 6. The van der Waals surface area contributed by atoms with Gasteiger partial charge in [0.05, 0.1) is 23.8 Å². The minimum Gasteiger partial charge on any atom is -0.399 e. The predicted molar refractivity (Wildman–Crippen MR) is 103 cm³/mol. The first-order valence-corrected chi connectivity index (χ1v) is 8.78. The minimum atomic E-state index is 0.710. The highest BCUT2D eigenvalue weighted by molar-refractivity contribution is 5.64. The van der Waals surface area contributed by atoms with E-state index >= 15 is 0 Å². The lowest BCUT2D eigenvalue weighted by atomic mass is 10.1. The van der Waals surface area contributed by atoms with Crippen molar-refractivity contribution in [3.05, 3.63) is 48.4 Å². The number of benzene rings is 1. The van der Waals surface area contributed by atoms with Crippen molar-refractivity contribution in [2.75, 3.05) is 43.9 Å². The predicted octanol–water partition coefficient (Wildman–Crippen LogP) is 1.97. The van der Waals surface area contributed by atoms with Crippen LogP contribution < -0.4 is 10.6 Å². The number of hydrogen-bond acceptors (Lipinski definition) is 6. The lowest BCUT2D eigenvalue weighted by Gasteiger charge is -2.33. The van der Waals surface area contributed by atoms with Crippen LogP contribution in [0.5, 0.6) is 0 Å². The van der Waals surface area contributed by atoms with Crippen molar-refractivity contribution in [2.24, 2.45) is 0 Å². The number of aromatic nitrogens is 4. The Morgan fingerprint density at radius 2 is 1.85 bits per heavy atom. The maximum Gasteiger partial charge on any atom is 0.115 e. The molecular weight excluding hydrogens is 326 g/mol. The van der Waals surface area contributed by atoms with E-state index in [4.69, 9.17) is 5.73 Å². The van der Waals surface area contributed by atoms with Gasteiger partial charge in [0, 0.05) is 43.6 Å². The third kappa shape index (κ3) is 3.25. The van der Waals surface area contributed by atoms with Gasteiger partial charge in [0.25, 0.3) is 0 Å². The molecule has 0 unspecified atom stereocenters. The summed E-state index contributed by atoms with van der Waals surface area (Å²) in [6, 6.07) is 7.92. The minimum absolute atomic E-state index is 0.710. The third-order valence-electron chi connectivity index (χ3n) is 4.86. The highest BCUT2D eigenvalue weighted by atomic mass is 15.4. The molecule has 26 heavy (non-hydrogen) atoms. The van der Waals surface area contributed by atoms with E-state index in [-0.39, 0.29) is 0 Å². The van der Waals surface area contributed by atoms with Crippen molar-refractivity contribution < 1.29 is 0 Å². The van der Waals surface area contributed by atoms with Crippen molar-refractivity contribution in [3.63, 3.8) is 0 Å². The molecule has 1 aliphatic heterocycles. The molecule has 0 aliphatic carbocycles. The van der Waals surface area contributed by atoms with Gasteiger partial charge >= 0.3 is 0 Å². The maximum absolute atomic E-state index is 5.91. The Kier molecular flexibility index (Phi) is 4.30. The second-order valence-corrected chi connectivity index (χ2v) is 6.82. The second kappa shape index (κ2) is 6.76. The molecule has 134 valence electrons. The zero-order valence-electron chi connectivity index (χ0n) is 15.1. The third-order valence-corrected chi connectivity index (χ3v) is 4.86. The Labute approximate surface area is 153 Å². The molecule has 4 rings (SSSR count). The van der Waals surface area contributed by atoms with Gasteiger partial charge in [-0.25, -0.2) is 4.68 Å². The van der Waals surface area contributed by atoms with Gasteiger partial charge in [0.1, 0.15) is 5.69 Å². The molecule has 1 aromatic carbocycles. The molecule has 1 fully saturated rings. The van der Waals surface area contributed by atoms with E-state index in [1.807, 2.05) is 43.7 Å². The Morgan fingerprint density at radius 1 is 1.04 bits per heavy atom. The topological polar surface area (TPSA) is 76.1 Å². The summed E-state index contributed by atoms with van der Waals surface area (Å²) in [5.41, 5.74) is 11.6. The van der Waals surface area contributed by atoms with Gasteiger partial charge in [-0.05, 0) is 37.7 Å². The molecule has 0 saturated carbocycles. The van der Waals surface area contributed by atoms with Gasteiger partial charge in [-0.15, -0.1) is 5.10 Å². The summed E-state index contributed by atoms with van der Waals surface area (Å²) < 4.78 is 1.77. The fraction of sp³-hybridized carbons (Fsp3) is 0.316. The van der Waals surface area contributed by atoms with E-state index < -0.39 is 0 Å². The number of nitrogen functional groups attached to an aromatic ring is 1. The number of nitrogens with two attached hydrogens (primary N) is 1. The number of pyridine rings is 1. The SMILES string of the molecule is Cc1ccc(N)cc1-n1cc(-c2cncc(N3CCN(C)CC3)c2)nn1. The molecule has 2 aromatic heterocycles. The smallest absolute Gasteiger partial charge is 0.115 e. The van der Waals surface area contributed by atoms with Crippen LogP contribution in [0.25, 0.3) is 16.9 Å². The van der Waals surface area contributed by atoms with E-state index in [1.54, 1.807) is 4.68 Å². The van der Waals surface area contributed by atoms with Gasteiger partial charge < -0.3 is 15.5 Å². The zero-order valence-corrected chi connectivity index (χ0v) is 15.1. The molecule has 0 radical (unpaired) electrons. The summed E-state index contributed by atoms with van der Waals surface area (Å²) in [7, 11) is 2.16. The average Bonchev–Trinajstić information content (AvgIpc) is 3.14. The molecule has 0 spiro atoms. The Bertz CT molecular complexity index is 910. The monoisotopic (exact) mass is 349 g/mol. The van der Waals surface area contributed by atoms with Crippen LogP contribution in [0.1, 0.15) is 5.56 Å². The summed E-state index contributed by atoms with van der Waals surface area (Å²) >= 11 is 0. The highest BCUT2D eigenvalue weighted by Gasteiger charge is 2.16. The first-order valence-electron chi connectivity index (χ1n) is 8.78. The number of aryl methyl sites for hydroxylation is 1. The molecule has 7 nitrogen and oxygen atoms in total. The largest absolute Gasteiger partial charge is 0.399 e. The van der Waals surface area contributed by atoms with Crippen LogP contribution in [0.3, 0.4) is 0 Å². The summed E-state index contributed by atoms with van der Waals surface area (Å²) in [6.07, 6.45) is 5.67. The summed E-state index contributed by atoms with van der Waals surface area (Å²) in [4.78, 5) is 9.12. The van der Waals surface area contributed by atoms with Gasteiger partial charge in [-0.3, -0.25) is 4.98 Å². The van der Waals surface area contributed by atoms with Crippen molar-refractivity contribution in [3.8, 4) is 16.9 Å². The molecular formula is C19H23N7. The molecule has 0 atom stereocenters. The molecule has 0 amide bonds. The van der Waals surface area contributed by atoms with Crippen LogP contribution in [0.15, 0.2) is 42.9 Å². The normalized spacial score (nSPS) is 15.4. The van der Waals surface area contributed by atoms with E-state index in [1.165, 1.54) is 0 Å². The molecule has 7 heteroatoms. The maximum atomic E-state index is 5.91. The molecule has 3 aromatic rings. The van der Waals surface area contributed by atoms with Crippen LogP contribution >= 0.6 is 0 Å². The summed E-state index contributed by atoms with van der Waals surface area (Å²) in [6.45, 7) is 6.18. The van der Waals surface area contributed by atoms with Crippen molar-refractivity contribution in [1.29, 1.82) is 0 Å². The summed E-state index contributed by atoms with van der Waals surface area (Å²) in [5, 5.41) is 8.62. The Hall–Kier alpha value is -2.93. The molecule has 0 bridgehead atoms. The Balaban J connectivity index is 1.62. The van der Waals surface area contributed by atoms with Crippen LogP contribution in [0.4, 0.5) is 11.4 Å². The van der Waals surface area contributed by atoms with Crippen LogP contribution in [0.2, 0.25) is 0 Å². The number of anilines is 2. The summed E-state index contributed by atoms with van der Waals surface area (Å²) in [5.74, 6) is 0. The average molecular weight is 349 g/mol.